The fraction of sp³-hybridized carbons (Fsp3) is 0.588. The molecule has 3 aliphatic rings. The van der Waals surface area contributed by atoms with Gasteiger partial charge >= 0.3 is 0 Å². The second kappa shape index (κ2) is 3.94. The van der Waals surface area contributed by atoms with Gasteiger partial charge in [-0.15, -0.1) is 0 Å². The van der Waals surface area contributed by atoms with Crippen molar-refractivity contribution >= 4 is 5.78 Å². The second-order valence-corrected chi connectivity index (χ2v) is 6.36. The van der Waals surface area contributed by atoms with Gasteiger partial charge in [0, 0.05) is 12.3 Å². The van der Waals surface area contributed by atoms with Crippen molar-refractivity contribution in [2.75, 3.05) is 0 Å². The molecule has 94 valence electrons. The highest BCUT2D eigenvalue weighted by molar-refractivity contribution is 5.83. The molecule has 0 radical (unpaired) electrons. The van der Waals surface area contributed by atoms with Gasteiger partial charge in [-0.2, -0.15) is 0 Å². The maximum Gasteiger partial charge on any atom is 0.136 e. The van der Waals surface area contributed by atoms with Crippen molar-refractivity contribution in [3.05, 3.63) is 35.4 Å². The molecule has 0 aromatic heterocycles. The lowest BCUT2D eigenvalue weighted by atomic mass is 9.61. The van der Waals surface area contributed by atoms with Gasteiger partial charge in [-0.05, 0) is 61.0 Å². The molecule has 0 saturated heterocycles. The Morgan fingerprint density at radius 2 is 1.56 bits per heavy atom. The number of carbonyl (C=O) groups excluding carboxylic acids is 1. The predicted molar refractivity (Wildman–Crippen MR) is 71.4 cm³/mol. The number of Topliss-reactive ketones (excluding diaryl/α,β-unsaturated/α-hetero) is 1. The standard InChI is InChI=1S/C17H20O/c18-17-10-9-15-14-6-5-11-3-1-2-4-12(11)13(14)7-8-16(15)17/h1-4,13-16H,5-10H2/t13-,14-,15+,16+/m1/s1. The predicted octanol–water partition coefficient (Wildman–Crippen LogP) is 3.72. The molecule has 1 aromatic rings. The van der Waals surface area contributed by atoms with E-state index in [1.165, 1.54) is 25.7 Å². The van der Waals surface area contributed by atoms with Crippen LogP contribution in [-0.4, -0.2) is 5.78 Å². The Kier molecular flexibility index (Phi) is 2.36. The zero-order valence-electron chi connectivity index (χ0n) is 10.8. The Bertz CT molecular complexity index is 490. The van der Waals surface area contributed by atoms with E-state index in [2.05, 4.69) is 24.3 Å². The Balaban J connectivity index is 1.71. The minimum Gasteiger partial charge on any atom is -0.299 e. The quantitative estimate of drug-likeness (QED) is 0.675. The molecule has 1 nitrogen and oxygen atoms in total. The van der Waals surface area contributed by atoms with Crippen LogP contribution in [0.25, 0.3) is 0 Å². The van der Waals surface area contributed by atoms with Gasteiger partial charge in [0.1, 0.15) is 5.78 Å². The molecule has 18 heavy (non-hydrogen) atoms. The lowest BCUT2D eigenvalue weighted by Gasteiger charge is -2.43. The SMILES string of the molecule is O=C1CC[C@H]2[C@@H]3CCc4ccccc4[C@H]3CC[C@H]12. The highest BCUT2D eigenvalue weighted by Gasteiger charge is 2.47. The van der Waals surface area contributed by atoms with Crippen LogP contribution >= 0.6 is 0 Å². The van der Waals surface area contributed by atoms with E-state index in [1.54, 1.807) is 11.1 Å². The molecule has 4 atom stereocenters. The van der Waals surface area contributed by atoms with Crippen LogP contribution in [0.2, 0.25) is 0 Å². The third-order valence-electron chi connectivity index (χ3n) is 5.71. The average molecular weight is 240 g/mol. The van der Waals surface area contributed by atoms with Crippen LogP contribution in [0.4, 0.5) is 0 Å². The van der Waals surface area contributed by atoms with E-state index in [0.717, 1.165) is 24.7 Å². The molecular weight excluding hydrogens is 220 g/mol. The van der Waals surface area contributed by atoms with Gasteiger partial charge in [-0.25, -0.2) is 0 Å². The zero-order chi connectivity index (χ0) is 12.1. The van der Waals surface area contributed by atoms with E-state index in [4.69, 9.17) is 0 Å². The summed E-state index contributed by atoms with van der Waals surface area (Å²) in [5, 5.41) is 0. The van der Waals surface area contributed by atoms with Crippen LogP contribution < -0.4 is 0 Å². The smallest absolute Gasteiger partial charge is 0.136 e. The van der Waals surface area contributed by atoms with Gasteiger partial charge in [-0.1, -0.05) is 24.3 Å². The molecule has 2 saturated carbocycles. The number of carbonyl (C=O) groups is 1. The van der Waals surface area contributed by atoms with E-state index in [9.17, 15) is 4.79 Å². The normalized spacial score (nSPS) is 37.9. The summed E-state index contributed by atoms with van der Waals surface area (Å²) in [6.45, 7) is 0. The Morgan fingerprint density at radius 1 is 0.833 bits per heavy atom. The summed E-state index contributed by atoms with van der Waals surface area (Å²) >= 11 is 0. The van der Waals surface area contributed by atoms with Gasteiger partial charge in [-0.3, -0.25) is 4.79 Å². The van der Waals surface area contributed by atoms with Gasteiger partial charge in [0.2, 0.25) is 0 Å². The molecule has 1 aromatic carbocycles. The van der Waals surface area contributed by atoms with Crippen molar-refractivity contribution in [2.24, 2.45) is 17.8 Å². The molecule has 0 N–H and O–H groups in total. The van der Waals surface area contributed by atoms with Crippen molar-refractivity contribution < 1.29 is 4.79 Å². The highest BCUT2D eigenvalue weighted by atomic mass is 16.1. The van der Waals surface area contributed by atoms with Gasteiger partial charge < -0.3 is 0 Å². The van der Waals surface area contributed by atoms with Crippen molar-refractivity contribution in [3.63, 3.8) is 0 Å². The topological polar surface area (TPSA) is 17.1 Å². The van der Waals surface area contributed by atoms with Crippen molar-refractivity contribution in [1.29, 1.82) is 0 Å². The number of rotatable bonds is 0. The molecule has 2 fully saturated rings. The van der Waals surface area contributed by atoms with E-state index >= 15 is 0 Å². The Hall–Kier alpha value is -1.11. The number of aryl methyl sites for hydroxylation is 1. The largest absolute Gasteiger partial charge is 0.299 e. The van der Waals surface area contributed by atoms with E-state index in [-0.39, 0.29) is 0 Å². The summed E-state index contributed by atoms with van der Waals surface area (Å²) in [6.07, 6.45) is 6.98. The number of hydrogen-bond acceptors (Lipinski definition) is 1. The molecule has 0 heterocycles. The number of fused-ring (bicyclic) bond motifs is 5. The maximum atomic E-state index is 11.9. The van der Waals surface area contributed by atoms with Crippen LogP contribution in [-0.2, 0) is 11.2 Å². The van der Waals surface area contributed by atoms with Crippen LogP contribution in [0.5, 0.6) is 0 Å². The molecule has 1 heteroatoms. The zero-order valence-corrected chi connectivity index (χ0v) is 10.8. The molecule has 4 rings (SSSR count). The van der Waals surface area contributed by atoms with Gasteiger partial charge in [0.05, 0.1) is 0 Å². The molecule has 0 bridgehead atoms. The summed E-state index contributed by atoms with van der Waals surface area (Å²) in [6, 6.07) is 9.00. The summed E-state index contributed by atoms with van der Waals surface area (Å²) in [5.41, 5.74) is 3.17. The van der Waals surface area contributed by atoms with Gasteiger partial charge in [0.15, 0.2) is 0 Å². The first-order valence-electron chi connectivity index (χ1n) is 7.45. The average Bonchev–Trinajstić information content (AvgIpc) is 2.80. The summed E-state index contributed by atoms with van der Waals surface area (Å²) in [5.74, 6) is 3.26. The first-order chi connectivity index (χ1) is 8.84. The first-order valence-corrected chi connectivity index (χ1v) is 7.45. The molecular formula is C17H20O. The van der Waals surface area contributed by atoms with E-state index in [0.29, 0.717) is 17.6 Å². The second-order valence-electron chi connectivity index (χ2n) is 6.36. The van der Waals surface area contributed by atoms with E-state index in [1.807, 2.05) is 0 Å². The molecule has 0 unspecified atom stereocenters. The fourth-order valence-electron chi connectivity index (χ4n) is 4.94. The molecule has 0 aliphatic heterocycles. The molecule has 0 amide bonds. The Labute approximate surface area is 109 Å². The fourth-order valence-corrected chi connectivity index (χ4v) is 4.94. The highest BCUT2D eigenvalue weighted by Crippen LogP contribution is 2.53. The lowest BCUT2D eigenvalue weighted by Crippen LogP contribution is -2.35. The lowest BCUT2D eigenvalue weighted by molar-refractivity contribution is -0.122. The molecule has 0 spiro atoms. The van der Waals surface area contributed by atoms with Crippen LogP contribution in [0.3, 0.4) is 0 Å². The van der Waals surface area contributed by atoms with Crippen molar-refractivity contribution in [1.82, 2.24) is 0 Å². The third kappa shape index (κ3) is 1.43. The van der Waals surface area contributed by atoms with Crippen molar-refractivity contribution in [3.8, 4) is 0 Å². The third-order valence-corrected chi connectivity index (χ3v) is 5.71. The summed E-state index contributed by atoms with van der Waals surface area (Å²) in [4.78, 5) is 11.9. The monoisotopic (exact) mass is 240 g/mol. The summed E-state index contributed by atoms with van der Waals surface area (Å²) in [7, 11) is 0. The molecule has 3 aliphatic carbocycles. The van der Waals surface area contributed by atoms with Crippen LogP contribution in [0.15, 0.2) is 24.3 Å². The van der Waals surface area contributed by atoms with Crippen LogP contribution in [0, 0.1) is 17.8 Å². The van der Waals surface area contributed by atoms with Crippen LogP contribution in [0.1, 0.15) is 49.1 Å². The number of ketones is 1. The van der Waals surface area contributed by atoms with Gasteiger partial charge in [0.25, 0.3) is 0 Å². The van der Waals surface area contributed by atoms with E-state index < -0.39 is 0 Å². The summed E-state index contributed by atoms with van der Waals surface area (Å²) < 4.78 is 0. The first kappa shape index (κ1) is 10.8. The minimum absolute atomic E-state index is 0.427. The number of hydrogen-bond donors (Lipinski definition) is 0. The Morgan fingerprint density at radius 3 is 2.50 bits per heavy atom. The number of benzene rings is 1. The van der Waals surface area contributed by atoms with Crippen molar-refractivity contribution in [2.45, 2.75) is 44.4 Å². The maximum absolute atomic E-state index is 11.9. The minimum atomic E-state index is 0.427.